The van der Waals surface area contributed by atoms with E-state index >= 15 is 0 Å². The zero-order valence-corrected chi connectivity index (χ0v) is 52.7. The second kappa shape index (κ2) is 25.7. The summed E-state index contributed by atoms with van der Waals surface area (Å²) < 4.78 is 57.7. The molecule has 11 aliphatic carbocycles. The monoisotopic (exact) mass is 1190 g/mol. The number of aliphatic hydroxyl groups is 1. The molecular weight excluding hydrogens is 1090 g/mol. The molecule has 11 saturated carbocycles. The van der Waals surface area contributed by atoms with Crippen LogP contribution < -0.4 is 0 Å². The number of hydrogen-bond donors (Lipinski definition) is 1. The third-order valence-electron chi connectivity index (χ3n) is 21.2. The van der Waals surface area contributed by atoms with Crippen LogP contribution in [0.3, 0.4) is 0 Å². The maximum atomic E-state index is 12.6. The van der Waals surface area contributed by atoms with Gasteiger partial charge in [0.1, 0.15) is 16.8 Å². The number of nitrogens with zero attached hydrogens (tertiary/aromatic N) is 1. The number of esters is 6. The molecule has 13 aliphatic rings. The molecule has 17 nitrogen and oxygen atoms in total. The average molecular weight is 1190 g/mol. The van der Waals surface area contributed by atoms with Crippen LogP contribution in [-0.2, 0) is 72.0 Å². The van der Waals surface area contributed by atoms with Crippen molar-refractivity contribution in [2.24, 2.45) is 52.3 Å². The molecule has 13 fully saturated rings. The van der Waals surface area contributed by atoms with E-state index in [0.717, 1.165) is 80.3 Å². The van der Waals surface area contributed by atoms with E-state index in [1.807, 2.05) is 0 Å². The minimum atomic E-state index is -3.66. The van der Waals surface area contributed by atoms with Crippen LogP contribution >= 0.6 is 0 Å². The fraction of sp³-hybridized carbons (Fsp3) is 0.742. The maximum absolute atomic E-state index is 12.6. The molecule has 0 radical (unpaired) electrons. The summed E-state index contributed by atoms with van der Waals surface area (Å²) in [4.78, 5) is 80.8. The van der Waals surface area contributed by atoms with Crippen LogP contribution in [0.4, 0.5) is 0 Å². The van der Waals surface area contributed by atoms with Gasteiger partial charge in [-0.3, -0.25) is 4.79 Å². The van der Waals surface area contributed by atoms with Crippen molar-refractivity contribution < 1.29 is 75.5 Å². The lowest BCUT2D eigenvalue weighted by molar-refractivity contribution is -0.217. The lowest BCUT2D eigenvalue weighted by Gasteiger charge is -2.60. The lowest BCUT2D eigenvalue weighted by atomic mass is 9.49. The van der Waals surface area contributed by atoms with Crippen molar-refractivity contribution in [2.45, 2.75) is 238 Å². The predicted molar refractivity (Wildman–Crippen MR) is 315 cm³/mol. The van der Waals surface area contributed by atoms with Gasteiger partial charge in [-0.05, 0) is 203 Å². The summed E-state index contributed by atoms with van der Waals surface area (Å²) in [5.41, 5.74) is 0.201. The van der Waals surface area contributed by atoms with Gasteiger partial charge in [0.15, 0.2) is 6.61 Å². The molecular formula is C66H97NO16S. The van der Waals surface area contributed by atoms with Crippen LogP contribution in [0.5, 0.6) is 0 Å². The van der Waals surface area contributed by atoms with Gasteiger partial charge >= 0.3 is 35.8 Å². The molecule has 84 heavy (non-hydrogen) atoms. The number of rotatable bonds is 13. The molecule has 0 aromatic carbocycles. The fourth-order valence-electron chi connectivity index (χ4n) is 17.3. The molecule has 10 bridgehead atoms. The zero-order chi connectivity index (χ0) is 62.1. The Labute approximate surface area is 499 Å². The topological polar surface area (TPSA) is 232 Å². The minimum Gasteiger partial charge on any atom is -0.463 e. The highest BCUT2D eigenvalue weighted by Crippen LogP contribution is 2.70. The third-order valence-corrected chi connectivity index (χ3v) is 23.2. The molecule has 0 aromatic rings. The van der Waals surface area contributed by atoms with Crippen LogP contribution in [0.25, 0.3) is 0 Å². The van der Waals surface area contributed by atoms with E-state index in [4.69, 9.17) is 23.7 Å². The molecule has 18 heteroatoms. The first kappa shape index (κ1) is 66.4. The second-order valence-electron chi connectivity index (χ2n) is 27.9. The zero-order valence-electron chi connectivity index (χ0n) is 51.8. The standard InChI is InChI=1S/C16H23NO5S.C16H24O2.C14H20O3.C12H20O2.C8H10O4/c1-10(2)14(19)22-8-13(18)17-12-7-11-5-6-16(12,15(11,3)4)9-23(17,20)21;1-4-16(18-15(17)10(2)3)13-6-11-5-12(8-13)9-14(16)7-11;1-9(2)12(15)17-14-6-10-3-11(7-14)5-13(16,4-10)8-14;1-4-12(8-6-5-7-9-12)14-11(13)10(2)3;1-5(2)7(9)12-6-3-4-11-8(6)10/h11-12H,1,5-9H2,2-4H3;11-14H,2,4-9H2,1,3H3;10-11,16H,1,3-8H2,2H3;2,4-9H2,1,3H3;6H,1,3-4H2,2H3. The summed E-state index contributed by atoms with van der Waals surface area (Å²) in [6.07, 6.45) is 21.9. The number of hydrogen-bond acceptors (Lipinski definition) is 16. The van der Waals surface area contributed by atoms with Gasteiger partial charge in [-0.25, -0.2) is 41.5 Å². The van der Waals surface area contributed by atoms with Crippen LogP contribution in [0.1, 0.15) is 204 Å². The van der Waals surface area contributed by atoms with Gasteiger partial charge in [-0.2, -0.15) is 0 Å². The summed E-state index contributed by atoms with van der Waals surface area (Å²) in [6, 6.07) is -0.294. The molecule has 1 spiro atoms. The molecule has 2 saturated heterocycles. The van der Waals surface area contributed by atoms with Crippen LogP contribution in [0.2, 0.25) is 0 Å². The van der Waals surface area contributed by atoms with Crippen molar-refractivity contribution >= 4 is 51.7 Å². The number of ether oxygens (including phenoxy) is 6. The number of carbonyl (C=O) groups is 7. The van der Waals surface area contributed by atoms with Crippen molar-refractivity contribution in [2.75, 3.05) is 19.0 Å². The number of amides is 1. The van der Waals surface area contributed by atoms with E-state index in [0.29, 0.717) is 72.2 Å². The van der Waals surface area contributed by atoms with E-state index in [1.54, 1.807) is 20.8 Å². The van der Waals surface area contributed by atoms with Gasteiger partial charge in [0, 0.05) is 46.1 Å². The van der Waals surface area contributed by atoms with Crippen molar-refractivity contribution in [1.29, 1.82) is 0 Å². The number of carbonyl (C=O) groups excluding carboxylic acids is 7. The molecule has 468 valence electrons. The quantitative estimate of drug-likeness (QED) is 0.103. The smallest absolute Gasteiger partial charge is 0.347 e. The van der Waals surface area contributed by atoms with E-state index in [-0.39, 0.29) is 62.9 Å². The number of fused-ring (bicyclic) bond motifs is 1. The minimum absolute atomic E-state index is 0.0222. The predicted octanol–water partition coefficient (Wildman–Crippen LogP) is 11.0. The Hall–Kier alpha value is -5.10. The molecule has 6 atom stereocenters. The van der Waals surface area contributed by atoms with Gasteiger partial charge in [0.2, 0.25) is 16.1 Å². The Balaban J connectivity index is 0.000000153. The molecule has 6 unspecified atom stereocenters. The Morgan fingerprint density at radius 3 is 1.60 bits per heavy atom. The number of cyclic esters (lactones) is 1. The Bertz CT molecular complexity index is 2710. The van der Waals surface area contributed by atoms with Gasteiger partial charge in [0.25, 0.3) is 5.91 Å². The summed E-state index contributed by atoms with van der Waals surface area (Å²) in [5, 5.41) is 10.5. The van der Waals surface area contributed by atoms with E-state index in [2.05, 4.69) is 65.3 Å². The first-order valence-corrected chi connectivity index (χ1v) is 32.6. The van der Waals surface area contributed by atoms with Crippen molar-refractivity contribution in [3.05, 3.63) is 60.8 Å². The Kier molecular flexibility index (Phi) is 20.3. The average Bonchev–Trinajstić information content (AvgIpc) is 1.51. The second-order valence-corrected chi connectivity index (χ2v) is 29.7. The van der Waals surface area contributed by atoms with Crippen molar-refractivity contribution in [1.82, 2.24) is 4.31 Å². The molecule has 0 aromatic heterocycles. The third kappa shape index (κ3) is 14.0. The summed E-state index contributed by atoms with van der Waals surface area (Å²) in [7, 11) is -3.66. The fourth-order valence-corrected chi connectivity index (χ4v) is 19.9. The molecule has 1 amide bonds. The van der Waals surface area contributed by atoms with E-state index in [1.165, 1.54) is 71.6 Å². The van der Waals surface area contributed by atoms with Gasteiger partial charge in [-0.15, -0.1) is 0 Å². The molecule has 2 aliphatic heterocycles. The molecule has 13 rings (SSSR count). The largest absolute Gasteiger partial charge is 0.463 e. The molecule has 1 N–H and O–H groups in total. The summed E-state index contributed by atoms with van der Waals surface area (Å²) in [5.74, 6) is 1.55. The highest BCUT2D eigenvalue weighted by Gasteiger charge is 2.72. The van der Waals surface area contributed by atoms with Crippen LogP contribution in [0, 0.1) is 52.3 Å². The van der Waals surface area contributed by atoms with Crippen LogP contribution in [0.15, 0.2) is 60.8 Å². The number of sulfonamides is 1. The lowest BCUT2D eigenvalue weighted by Crippen LogP contribution is -2.60. The highest BCUT2D eigenvalue weighted by molar-refractivity contribution is 7.90. The normalized spacial score (nSPS) is 35.4. The maximum Gasteiger partial charge on any atom is 0.347 e. The van der Waals surface area contributed by atoms with Gasteiger partial charge < -0.3 is 33.5 Å². The Morgan fingerprint density at radius 1 is 0.619 bits per heavy atom. The van der Waals surface area contributed by atoms with E-state index in [9.17, 15) is 47.1 Å². The van der Waals surface area contributed by atoms with Crippen molar-refractivity contribution in [3.8, 4) is 0 Å². The summed E-state index contributed by atoms with van der Waals surface area (Å²) in [6.45, 7) is 34.3. The first-order valence-electron chi connectivity index (χ1n) is 31.0. The molecule has 2 heterocycles. The highest BCUT2D eigenvalue weighted by atomic mass is 32.2. The SMILES string of the molecule is C=C(C)C(=O)OC1(CC)C2CC3CC(C2)CC1C3.C=C(C)C(=O)OC1(CC)CCCCC1.C=C(C)C(=O)OC12CC3CC(CC(O)(C3)C1)C2.C=C(C)C(=O)OC1CCOC1=O.C=C(C)C(=O)OCC(=O)N1C2CC3CCC2(CS1(=O)=O)C3(C)C. The van der Waals surface area contributed by atoms with Crippen LogP contribution in [-0.4, -0.2) is 113 Å². The van der Waals surface area contributed by atoms with Crippen molar-refractivity contribution in [3.63, 3.8) is 0 Å². The summed E-state index contributed by atoms with van der Waals surface area (Å²) >= 11 is 0. The first-order chi connectivity index (χ1) is 39.2. The van der Waals surface area contributed by atoms with Gasteiger partial charge in [0.05, 0.1) is 24.0 Å². The Morgan fingerprint density at radius 2 is 1.13 bits per heavy atom. The van der Waals surface area contributed by atoms with Gasteiger partial charge in [-0.1, -0.05) is 67.0 Å². The van der Waals surface area contributed by atoms with E-state index < -0.39 is 57.8 Å².